The van der Waals surface area contributed by atoms with Crippen LogP contribution in [0.15, 0.2) is 16.6 Å². The number of carbonyl (C=O) groups excluding carboxylic acids is 2. The van der Waals surface area contributed by atoms with Crippen molar-refractivity contribution in [2.75, 3.05) is 14.2 Å². The molecule has 1 heterocycles. The first-order chi connectivity index (χ1) is 11.8. The van der Waals surface area contributed by atoms with Crippen LogP contribution < -0.4 is 14.8 Å². The zero-order valence-corrected chi connectivity index (χ0v) is 16.5. The van der Waals surface area contributed by atoms with Gasteiger partial charge in [-0.05, 0) is 44.0 Å². The van der Waals surface area contributed by atoms with Gasteiger partial charge >= 0.3 is 0 Å². The third kappa shape index (κ3) is 3.87. The molecule has 1 aromatic carbocycles. The molecular formula is C18H21BrN2O4. The number of aryl methyl sites for hydroxylation is 1. The van der Waals surface area contributed by atoms with Crippen LogP contribution in [0.5, 0.6) is 11.5 Å². The van der Waals surface area contributed by atoms with Crippen LogP contribution in [-0.2, 0) is 6.54 Å². The minimum absolute atomic E-state index is 0.0621. The van der Waals surface area contributed by atoms with Gasteiger partial charge in [0.15, 0.2) is 17.3 Å². The molecule has 0 unspecified atom stereocenters. The first-order valence-electron chi connectivity index (χ1n) is 7.68. The van der Waals surface area contributed by atoms with Crippen molar-refractivity contribution in [2.24, 2.45) is 0 Å². The van der Waals surface area contributed by atoms with Crippen molar-refractivity contribution >= 4 is 27.6 Å². The fourth-order valence-corrected chi connectivity index (χ4v) is 3.26. The topological polar surface area (TPSA) is 80.4 Å². The number of methoxy groups -OCH3 is 2. The second-order valence-electron chi connectivity index (χ2n) is 5.66. The Labute approximate surface area is 155 Å². The molecule has 2 rings (SSSR count). The highest BCUT2D eigenvalue weighted by molar-refractivity contribution is 9.10. The Kier molecular flexibility index (Phi) is 5.89. The van der Waals surface area contributed by atoms with Gasteiger partial charge in [-0.1, -0.05) is 15.9 Å². The van der Waals surface area contributed by atoms with Crippen LogP contribution in [-0.4, -0.2) is 30.9 Å². The van der Waals surface area contributed by atoms with Gasteiger partial charge < -0.3 is 19.8 Å². The lowest BCUT2D eigenvalue weighted by Gasteiger charge is -2.12. The SMILES string of the molecule is COc1cc(Br)c(CNC(=O)c2[nH]c(C)c(C(C)=O)c2C)cc1OC. The van der Waals surface area contributed by atoms with Crippen LogP contribution in [0.1, 0.15) is 44.6 Å². The summed E-state index contributed by atoms with van der Waals surface area (Å²) >= 11 is 3.47. The number of hydrogen-bond acceptors (Lipinski definition) is 4. The van der Waals surface area contributed by atoms with E-state index in [1.165, 1.54) is 6.92 Å². The van der Waals surface area contributed by atoms with Gasteiger partial charge in [0.25, 0.3) is 5.91 Å². The molecule has 2 N–H and O–H groups in total. The van der Waals surface area contributed by atoms with Crippen molar-refractivity contribution in [3.05, 3.63) is 44.7 Å². The van der Waals surface area contributed by atoms with Crippen LogP contribution in [0.2, 0.25) is 0 Å². The lowest BCUT2D eigenvalue weighted by atomic mass is 10.1. The number of carbonyl (C=O) groups is 2. The molecule has 6 nitrogen and oxygen atoms in total. The highest BCUT2D eigenvalue weighted by atomic mass is 79.9. The predicted molar refractivity (Wildman–Crippen MR) is 98.7 cm³/mol. The van der Waals surface area contributed by atoms with Gasteiger partial charge in [-0.2, -0.15) is 0 Å². The van der Waals surface area contributed by atoms with E-state index in [1.54, 1.807) is 40.2 Å². The largest absolute Gasteiger partial charge is 0.493 e. The van der Waals surface area contributed by atoms with E-state index in [2.05, 4.69) is 26.2 Å². The molecule has 0 aliphatic heterocycles. The Morgan fingerprint density at radius 1 is 1.16 bits per heavy atom. The van der Waals surface area contributed by atoms with Crippen molar-refractivity contribution < 1.29 is 19.1 Å². The summed E-state index contributed by atoms with van der Waals surface area (Å²) in [4.78, 5) is 27.2. The molecule has 7 heteroatoms. The summed E-state index contributed by atoms with van der Waals surface area (Å²) in [6, 6.07) is 3.59. The molecule has 1 aromatic heterocycles. The standard InChI is InChI=1S/C18H21BrN2O4/c1-9-16(11(3)22)10(2)21-17(9)18(23)20-8-12-6-14(24-4)15(25-5)7-13(12)19/h6-7,21H,8H2,1-5H3,(H,20,23). The summed E-state index contributed by atoms with van der Waals surface area (Å²) in [5, 5.41) is 2.86. The Balaban J connectivity index is 2.21. The summed E-state index contributed by atoms with van der Waals surface area (Å²) in [7, 11) is 3.12. The molecule has 0 saturated carbocycles. The molecule has 0 fully saturated rings. The minimum Gasteiger partial charge on any atom is -0.493 e. The summed E-state index contributed by atoms with van der Waals surface area (Å²) < 4.78 is 11.3. The van der Waals surface area contributed by atoms with Gasteiger partial charge in [-0.3, -0.25) is 9.59 Å². The van der Waals surface area contributed by atoms with Crippen molar-refractivity contribution in [1.82, 2.24) is 10.3 Å². The van der Waals surface area contributed by atoms with Crippen LogP contribution >= 0.6 is 15.9 Å². The molecule has 0 saturated heterocycles. The third-order valence-corrected chi connectivity index (χ3v) is 4.75. The maximum absolute atomic E-state index is 12.5. The maximum Gasteiger partial charge on any atom is 0.268 e. The summed E-state index contributed by atoms with van der Waals surface area (Å²) in [5.74, 6) is 0.856. The normalized spacial score (nSPS) is 10.5. The molecule has 0 aliphatic rings. The van der Waals surface area contributed by atoms with Crippen LogP contribution in [0.25, 0.3) is 0 Å². The van der Waals surface area contributed by atoms with Gasteiger partial charge in [0.2, 0.25) is 0 Å². The first-order valence-corrected chi connectivity index (χ1v) is 8.48. The number of amides is 1. The van der Waals surface area contributed by atoms with Crippen LogP contribution in [0.3, 0.4) is 0 Å². The van der Waals surface area contributed by atoms with Gasteiger partial charge in [0, 0.05) is 22.3 Å². The van der Waals surface area contributed by atoms with Gasteiger partial charge in [-0.15, -0.1) is 0 Å². The number of hydrogen-bond donors (Lipinski definition) is 2. The van der Waals surface area contributed by atoms with Crippen molar-refractivity contribution in [1.29, 1.82) is 0 Å². The van der Waals surface area contributed by atoms with Crippen molar-refractivity contribution in [2.45, 2.75) is 27.3 Å². The maximum atomic E-state index is 12.5. The zero-order chi connectivity index (χ0) is 18.7. The third-order valence-electron chi connectivity index (χ3n) is 4.01. The number of aromatic amines is 1. The highest BCUT2D eigenvalue weighted by Gasteiger charge is 2.20. The molecule has 1 amide bonds. The lowest BCUT2D eigenvalue weighted by molar-refractivity contribution is 0.0945. The number of H-pyrrole nitrogens is 1. The molecule has 134 valence electrons. The zero-order valence-electron chi connectivity index (χ0n) is 14.9. The van der Waals surface area contributed by atoms with E-state index in [4.69, 9.17) is 9.47 Å². The Morgan fingerprint density at radius 3 is 2.28 bits per heavy atom. The molecule has 0 bridgehead atoms. The summed E-state index contributed by atoms with van der Waals surface area (Å²) in [6.45, 7) is 5.34. The Morgan fingerprint density at radius 2 is 1.76 bits per heavy atom. The number of rotatable bonds is 6. The van der Waals surface area contributed by atoms with E-state index >= 15 is 0 Å². The molecule has 25 heavy (non-hydrogen) atoms. The van der Waals surface area contributed by atoms with Gasteiger partial charge in [0.1, 0.15) is 5.69 Å². The number of Topliss-reactive ketones (excluding diaryl/α,β-unsaturated/α-hetero) is 1. The number of ether oxygens (including phenoxy) is 2. The lowest BCUT2D eigenvalue weighted by Crippen LogP contribution is -2.24. The fraction of sp³-hybridized carbons (Fsp3) is 0.333. The van der Waals surface area contributed by atoms with Crippen LogP contribution in [0, 0.1) is 13.8 Å². The van der Waals surface area contributed by atoms with Crippen molar-refractivity contribution in [3.8, 4) is 11.5 Å². The number of ketones is 1. The van der Waals surface area contributed by atoms with E-state index in [0.29, 0.717) is 40.6 Å². The Hall–Kier alpha value is -2.28. The summed E-state index contributed by atoms with van der Waals surface area (Å²) in [6.07, 6.45) is 0. The fourth-order valence-electron chi connectivity index (χ4n) is 2.80. The van der Waals surface area contributed by atoms with E-state index < -0.39 is 0 Å². The summed E-state index contributed by atoms with van der Waals surface area (Å²) in [5.41, 5.74) is 3.17. The average Bonchev–Trinajstić information content (AvgIpc) is 2.87. The quantitative estimate of drug-likeness (QED) is 0.716. The van der Waals surface area contributed by atoms with Gasteiger partial charge in [-0.25, -0.2) is 0 Å². The number of benzene rings is 1. The second kappa shape index (κ2) is 7.74. The molecule has 2 aromatic rings. The smallest absolute Gasteiger partial charge is 0.268 e. The molecule has 0 atom stereocenters. The highest BCUT2D eigenvalue weighted by Crippen LogP contribution is 2.33. The number of aromatic nitrogens is 1. The molecule has 0 radical (unpaired) electrons. The van der Waals surface area contributed by atoms with Gasteiger partial charge in [0.05, 0.1) is 14.2 Å². The minimum atomic E-state index is -0.269. The van der Waals surface area contributed by atoms with E-state index in [-0.39, 0.29) is 11.7 Å². The first kappa shape index (κ1) is 19.1. The average molecular weight is 409 g/mol. The monoisotopic (exact) mass is 408 g/mol. The van der Waals surface area contributed by atoms with E-state index in [0.717, 1.165) is 10.0 Å². The molecule has 0 spiro atoms. The molecular weight excluding hydrogens is 388 g/mol. The molecule has 0 aliphatic carbocycles. The second-order valence-corrected chi connectivity index (χ2v) is 6.52. The Bertz CT molecular complexity index is 827. The number of nitrogens with one attached hydrogen (secondary N) is 2. The van der Waals surface area contributed by atoms with Crippen molar-refractivity contribution in [3.63, 3.8) is 0 Å². The van der Waals surface area contributed by atoms with E-state index in [1.807, 2.05) is 0 Å². The predicted octanol–water partition coefficient (Wildman–Crippen LogP) is 3.54. The number of halogens is 1. The van der Waals surface area contributed by atoms with Crippen LogP contribution in [0.4, 0.5) is 0 Å². The van der Waals surface area contributed by atoms with E-state index in [9.17, 15) is 9.59 Å².